The Balaban J connectivity index is 2.79. The molecule has 0 atom stereocenters. The number of hydrogen-bond acceptors (Lipinski definition) is 2. The summed E-state index contributed by atoms with van der Waals surface area (Å²) < 4.78 is 0. The third-order valence-electron chi connectivity index (χ3n) is 1.83. The number of aromatic nitrogens is 3. The highest BCUT2D eigenvalue weighted by atomic mass is 15.1. The number of nitrogens with one attached hydrogen (secondary N) is 1. The van der Waals surface area contributed by atoms with Crippen molar-refractivity contribution in [2.24, 2.45) is 0 Å². The SMILES string of the molecule is CCc1ccnc2[nH]ncc12. The highest BCUT2D eigenvalue weighted by Crippen LogP contribution is 2.13. The van der Waals surface area contributed by atoms with Gasteiger partial charge in [0, 0.05) is 11.6 Å². The number of aryl methyl sites for hydroxylation is 1. The van der Waals surface area contributed by atoms with E-state index < -0.39 is 0 Å². The van der Waals surface area contributed by atoms with Crippen molar-refractivity contribution >= 4 is 11.0 Å². The van der Waals surface area contributed by atoms with Gasteiger partial charge < -0.3 is 0 Å². The summed E-state index contributed by atoms with van der Waals surface area (Å²) in [6, 6.07) is 2.03. The van der Waals surface area contributed by atoms with Crippen molar-refractivity contribution in [3.63, 3.8) is 0 Å². The van der Waals surface area contributed by atoms with Crippen LogP contribution in [0.4, 0.5) is 0 Å². The molecule has 0 amide bonds. The molecule has 0 unspecified atom stereocenters. The molecule has 0 bridgehead atoms. The fraction of sp³-hybridized carbons (Fsp3) is 0.250. The summed E-state index contributed by atoms with van der Waals surface area (Å²) in [6.07, 6.45) is 4.65. The lowest BCUT2D eigenvalue weighted by Crippen LogP contribution is -1.82. The van der Waals surface area contributed by atoms with E-state index in [1.54, 1.807) is 6.20 Å². The van der Waals surface area contributed by atoms with E-state index in [1.165, 1.54) is 5.56 Å². The minimum Gasteiger partial charge on any atom is -0.261 e. The smallest absolute Gasteiger partial charge is 0.155 e. The highest BCUT2D eigenvalue weighted by molar-refractivity contribution is 5.77. The summed E-state index contributed by atoms with van der Waals surface area (Å²) in [6.45, 7) is 2.13. The molecule has 0 spiro atoms. The Hall–Kier alpha value is -1.38. The van der Waals surface area contributed by atoms with Gasteiger partial charge in [0.2, 0.25) is 0 Å². The molecule has 0 aliphatic carbocycles. The Bertz CT molecular complexity index is 364. The lowest BCUT2D eigenvalue weighted by atomic mass is 10.1. The molecule has 3 nitrogen and oxygen atoms in total. The van der Waals surface area contributed by atoms with Gasteiger partial charge in [0.15, 0.2) is 5.65 Å². The zero-order chi connectivity index (χ0) is 7.68. The summed E-state index contributed by atoms with van der Waals surface area (Å²) in [5.74, 6) is 0. The van der Waals surface area contributed by atoms with E-state index in [0.29, 0.717) is 0 Å². The average molecular weight is 147 g/mol. The van der Waals surface area contributed by atoms with Gasteiger partial charge in [0.05, 0.1) is 6.20 Å². The van der Waals surface area contributed by atoms with Crippen LogP contribution in [0.25, 0.3) is 11.0 Å². The molecule has 0 radical (unpaired) electrons. The maximum atomic E-state index is 4.13. The zero-order valence-electron chi connectivity index (χ0n) is 6.33. The number of fused-ring (bicyclic) bond motifs is 1. The van der Waals surface area contributed by atoms with Gasteiger partial charge in [-0.2, -0.15) is 5.10 Å². The van der Waals surface area contributed by atoms with Gasteiger partial charge in [-0.05, 0) is 18.1 Å². The lowest BCUT2D eigenvalue weighted by Gasteiger charge is -1.94. The Morgan fingerprint density at radius 2 is 2.45 bits per heavy atom. The van der Waals surface area contributed by atoms with Crippen molar-refractivity contribution in [1.82, 2.24) is 15.2 Å². The molecule has 0 saturated carbocycles. The number of rotatable bonds is 1. The molecule has 2 aromatic rings. The van der Waals surface area contributed by atoms with Gasteiger partial charge >= 0.3 is 0 Å². The van der Waals surface area contributed by atoms with Crippen LogP contribution in [0.5, 0.6) is 0 Å². The molecule has 0 fully saturated rings. The van der Waals surface area contributed by atoms with Gasteiger partial charge in [-0.25, -0.2) is 4.98 Å². The molecule has 3 heteroatoms. The highest BCUT2D eigenvalue weighted by Gasteiger charge is 1.99. The average Bonchev–Trinajstić information content (AvgIpc) is 2.50. The van der Waals surface area contributed by atoms with Gasteiger partial charge in [-0.1, -0.05) is 6.92 Å². The van der Waals surface area contributed by atoms with Gasteiger partial charge in [-0.3, -0.25) is 5.10 Å². The largest absolute Gasteiger partial charge is 0.261 e. The third-order valence-corrected chi connectivity index (χ3v) is 1.83. The summed E-state index contributed by atoms with van der Waals surface area (Å²) in [5, 5.41) is 7.89. The van der Waals surface area contributed by atoms with E-state index in [0.717, 1.165) is 17.5 Å². The molecule has 0 aliphatic rings. The molecular formula is C8H9N3. The normalized spacial score (nSPS) is 10.6. The minimum absolute atomic E-state index is 0.879. The van der Waals surface area contributed by atoms with E-state index in [4.69, 9.17) is 0 Å². The minimum atomic E-state index is 0.879. The van der Waals surface area contributed by atoms with Crippen LogP contribution in [-0.4, -0.2) is 15.2 Å². The summed E-state index contributed by atoms with van der Waals surface area (Å²) in [7, 11) is 0. The van der Waals surface area contributed by atoms with Crippen molar-refractivity contribution in [3.8, 4) is 0 Å². The van der Waals surface area contributed by atoms with Crippen LogP contribution in [0.2, 0.25) is 0 Å². The molecule has 0 aromatic carbocycles. The molecule has 11 heavy (non-hydrogen) atoms. The Labute approximate surface area is 64.5 Å². The Kier molecular flexibility index (Phi) is 1.35. The first kappa shape index (κ1) is 6.34. The second kappa shape index (κ2) is 2.34. The van der Waals surface area contributed by atoms with Gasteiger partial charge in [0.25, 0.3) is 0 Å². The topological polar surface area (TPSA) is 41.6 Å². The number of H-pyrrole nitrogens is 1. The van der Waals surface area contributed by atoms with Crippen molar-refractivity contribution in [3.05, 3.63) is 24.0 Å². The predicted molar refractivity (Wildman–Crippen MR) is 43.3 cm³/mol. The summed E-state index contributed by atoms with van der Waals surface area (Å²) in [4.78, 5) is 4.13. The van der Waals surface area contributed by atoms with E-state index in [9.17, 15) is 0 Å². The fourth-order valence-corrected chi connectivity index (χ4v) is 1.21. The van der Waals surface area contributed by atoms with Crippen LogP contribution in [0.1, 0.15) is 12.5 Å². The van der Waals surface area contributed by atoms with Crippen molar-refractivity contribution < 1.29 is 0 Å². The molecule has 1 N–H and O–H groups in total. The first-order valence-corrected chi connectivity index (χ1v) is 3.68. The molecular weight excluding hydrogens is 138 g/mol. The molecule has 2 aromatic heterocycles. The van der Waals surface area contributed by atoms with Crippen molar-refractivity contribution in [1.29, 1.82) is 0 Å². The quantitative estimate of drug-likeness (QED) is 0.664. The number of hydrogen-bond donors (Lipinski definition) is 1. The number of pyridine rings is 1. The van der Waals surface area contributed by atoms with Crippen LogP contribution in [0.3, 0.4) is 0 Å². The zero-order valence-corrected chi connectivity index (χ0v) is 6.33. The second-order valence-corrected chi connectivity index (χ2v) is 2.46. The van der Waals surface area contributed by atoms with Crippen LogP contribution >= 0.6 is 0 Å². The maximum absolute atomic E-state index is 4.13. The van der Waals surface area contributed by atoms with E-state index >= 15 is 0 Å². The fourth-order valence-electron chi connectivity index (χ4n) is 1.21. The third kappa shape index (κ3) is 0.888. The summed E-state index contributed by atoms with van der Waals surface area (Å²) in [5.41, 5.74) is 2.17. The van der Waals surface area contributed by atoms with E-state index in [1.807, 2.05) is 12.3 Å². The number of aromatic amines is 1. The predicted octanol–water partition coefficient (Wildman–Crippen LogP) is 1.52. The van der Waals surface area contributed by atoms with Crippen molar-refractivity contribution in [2.75, 3.05) is 0 Å². The van der Waals surface area contributed by atoms with Crippen LogP contribution < -0.4 is 0 Å². The van der Waals surface area contributed by atoms with E-state index in [2.05, 4.69) is 22.1 Å². The number of nitrogens with zero attached hydrogens (tertiary/aromatic N) is 2. The second-order valence-electron chi connectivity index (χ2n) is 2.46. The molecule has 0 aliphatic heterocycles. The molecule has 2 rings (SSSR count). The maximum Gasteiger partial charge on any atom is 0.155 e. The first-order valence-electron chi connectivity index (χ1n) is 3.68. The van der Waals surface area contributed by atoms with Crippen molar-refractivity contribution in [2.45, 2.75) is 13.3 Å². The Morgan fingerprint density at radius 3 is 3.27 bits per heavy atom. The van der Waals surface area contributed by atoms with Gasteiger partial charge in [-0.15, -0.1) is 0 Å². The lowest BCUT2D eigenvalue weighted by molar-refractivity contribution is 1.10. The first-order chi connectivity index (χ1) is 5.42. The molecule has 2 heterocycles. The standard InChI is InChI=1S/C8H9N3/c1-2-6-3-4-9-8-7(6)5-10-11-8/h3-5H,2H2,1H3,(H,9,10,11). The summed E-state index contributed by atoms with van der Waals surface area (Å²) >= 11 is 0. The van der Waals surface area contributed by atoms with Crippen LogP contribution in [0, 0.1) is 0 Å². The van der Waals surface area contributed by atoms with E-state index in [-0.39, 0.29) is 0 Å². The Morgan fingerprint density at radius 1 is 1.55 bits per heavy atom. The van der Waals surface area contributed by atoms with Gasteiger partial charge in [0.1, 0.15) is 0 Å². The molecule has 56 valence electrons. The van der Waals surface area contributed by atoms with Crippen LogP contribution in [0.15, 0.2) is 18.5 Å². The monoisotopic (exact) mass is 147 g/mol. The van der Waals surface area contributed by atoms with Crippen LogP contribution in [-0.2, 0) is 6.42 Å². The molecule has 0 saturated heterocycles.